The van der Waals surface area contributed by atoms with Gasteiger partial charge >= 0.3 is 5.97 Å². The first-order chi connectivity index (χ1) is 20.0. The second kappa shape index (κ2) is 15.7. The zero-order valence-electron chi connectivity index (χ0n) is 23.2. The number of nitrogens with one attached hydrogen (secondary N) is 3. The van der Waals surface area contributed by atoms with Crippen molar-refractivity contribution in [2.45, 2.75) is 38.1 Å². The van der Waals surface area contributed by atoms with E-state index in [2.05, 4.69) is 15.6 Å². The van der Waals surface area contributed by atoms with Crippen LogP contribution in [0.3, 0.4) is 0 Å². The minimum absolute atomic E-state index is 0.0171. The molecular weight excluding hydrogens is 522 g/mol. The van der Waals surface area contributed by atoms with Gasteiger partial charge in [0.2, 0.25) is 11.8 Å². The number of aromatic nitrogens is 1. The van der Waals surface area contributed by atoms with Crippen LogP contribution in [0.2, 0.25) is 0 Å². The Morgan fingerprint density at radius 3 is 2.54 bits per heavy atom. The smallest absolute Gasteiger partial charge is 0.309 e. The number of hydrogen-bond donors (Lipinski definition) is 4. The van der Waals surface area contributed by atoms with Crippen molar-refractivity contribution in [3.05, 3.63) is 84.1 Å². The number of aliphatic hydroxyl groups is 1. The van der Waals surface area contributed by atoms with Gasteiger partial charge in [-0.1, -0.05) is 60.7 Å². The number of fused-ring (bicyclic) bond motifs is 1. The largest absolute Gasteiger partial charge is 0.463 e. The van der Waals surface area contributed by atoms with Crippen molar-refractivity contribution in [2.24, 2.45) is 11.8 Å². The van der Waals surface area contributed by atoms with Gasteiger partial charge < -0.3 is 30.2 Å². The monoisotopic (exact) mass is 561 g/mol. The second-order valence-corrected chi connectivity index (χ2v) is 10.3. The minimum atomic E-state index is -0.585. The maximum Gasteiger partial charge on any atom is 0.309 e. The highest BCUT2D eigenvalue weighted by molar-refractivity contribution is 5.86. The molecule has 0 saturated heterocycles. The van der Waals surface area contributed by atoms with Crippen molar-refractivity contribution in [1.82, 2.24) is 15.6 Å². The quantitative estimate of drug-likeness (QED) is 0.162. The maximum atomic E-state index is 13.4. The first kappa shape index (κ1) is 30.0. The normalized spacial score (nSPS) is 20.1. The van der Waals surface area contributed by atoms with E-state index < -0.39 is 12.0 Å². The Bertz CT molecular complexity index is 1310. The Labute approximate surface area is 240 Å². The molecule has 218 valence electrons. The molecule has 0 bridgehead atoms. The molecular formula is C32H39N3O6. The molecule has 9 heteroatoms. The lowest BCUT2D eigenvalue weighted by Crippen LogP contribution is -2.44. The third kappa shape index (κ3) is 9.30. The number of hydrogen-bond acceptors (Lipinski definition) is 6. The number of aromatic amines is 1. The van der Waals surface area contributed by atoms with Gasteiger partial charge in [-0.25, -0.2) is 0 Å². The number of amides is 2. The van der Waals surface area contributed by atoms with Crippen LogP contribution >= 0.6 is 0 Å². The molecule has 41 heavy (non-hydrogen) atoms. The number of rotatable bonds is 11. The van der Waals surface area contributed by atoms with Crippen molar-refractivity contribution in [1.29, 1.82) is 0 Å². The third-order valence-corrected chi connectivity index (χ3v) is 7.19. The zero-order chi connectivity index (χ0) is 28.9. The van der Waals surface area contributed by atoms with Crippen LogP contribution in [0.4, 0.5) is 0 Å². The Hall–Kier alpha value is -3.95. The summed E-state index contributed by atoms with van der Waals surface area (Å²) in [6.45, 7) is 0.733. The van der Waals surface area contributed by atoms with E-state index in [1.807, 2.05) is 72.9 Å². The molecule has 1 aliphatic rings. The fourth-order valence-corrected chi connectivity index (χ4v) is 5.03. The minimum Gasteiger partial charge on any atom is -0.463 e. The molecule has 0 aliphatic carbocycles. The van der Waals surface area contributed by atoms with Crippen LogP contribution in [0.25, 0.3) is 10.9 Å². The number of para-hydroxylation sites is 1. The lowest BCUT2D eigenvalue weighted by molar-refractivity contribution is -0.150. The van der Waals surface area contributed by atoms with E-state index >= 15 is 0 Å². The van der Waals surface area contributed by atoms with Crippen molar-refractivity contribution in [2.75, 3.05) is 33.0 Å². The molecule has 9 nitrogen and oxygen atoms in total. The Morgan fingerprint density at radius 1 is 0.976 bits per heavy atom. The molecule has 1 aliphatic heterocycles. The number of H-pyrrole nitrogens is 1. The summed E-state index contributed by atoms with van der Waals surface area (Å²) in [6, 6.07) is 17.3. The third-order valence-electron chi connectivity index (χ3n) is 7.19. The SMILES string of the molecule is O=C(C[C@H]1CC=CC[C@H](Cc2ccccc2)C(=O)OC[C@H](Cc2c[nH]c3ccccc23)NC1=O)NCCOCCO. The topological polar surface area (TPSA) is 130 Å². The molecule has 4 N–H and O–H groups in total. The van der Waals surface area contributed by atoms with E-state index in [1.165, 1.54) is 0 Å². The predicted octanol–water partition coefficient (Wildman–Crippen LogP) is 3.08. The Morgan fingerprint density at radius 2 is 1.73 bits per heavy atom. The number of benzene rings is 2. The summed E-state index contributed by atoms with van der Waals surface area (Å²) in [4.78, 5) is 42.6. The van der Waals surface area contributed by atoms with E-state index in [9.17, 15) is 14.4 Å². The van der Waals surface area contributed by atoms with Crippen LogP contribution in [0.15, 0.2) is 72.9 Å². The Balaban J connectivity index is 1.50. The predicted molar refractivity (Wildman–Crippen MR) is 156 cm³/mol. The number of carbonyl (C=O) groups excluding carboxylic acids is 3. The highest BCUT2D eigenvalue weighted by Gasteiger charge is 2.27. The summed E-state index contributed by atoms with van der Waals surface area (Å²) in [5.41, 5.74) is 3.05. The summed E-state index contributed by atoms with van der Waals surface area (Å²) in [7, 11) is 0. The molecule has 2 aromatic carbocycles. The highest BCUT2D eigenvalue weighted by Crippen LogP contribution is 2.22. The maximum absolute atomic E-state index is 13.4. The van der Waals surface area contributed by atoms with Crippen LogP contribution < -0.4 is 10.6 Å². The van der Waals surface area contributed by atoms with Crippen LogP contribution in [0, 0.1) is 11.8 Å². The number of allylic oxidation sites excluding steroid dienone is 2. The summed E-state index contributed by atoms with van der Waals surface area (Å²) < 4.78 is 11.0. The lowest BCUT2D eigenvalue weighted by Gasteiger charge is -2.24. The molecule has 3 atom stereocenters. The summed E-state index contributed by atoms with van der Waals surface area (Å²) in [5, 5.41) is 15.7. The van der Waals surface area contributed by atoms with Gasteiger partial charge in [-0.2, -0.15) is 0 Å². The summed E-state index contributed by atoms with van der Waals surface area (Å²) in [6.07, 6.45) is 7.57. The van der Waals surface area contributed by atoms with Gasteiger partial charge in [-0.05, 0) is 42.9 Å². The molecule has 3 aromatic rings. The second-order valence-electron chi connectivity index (χ2n) is 10.3. The van der Waals surface area contributed by atoms with Gasteiger partial charge in [0.15, 0.2) is 0 Å². The fraction of sp³-hybridized carbons (Fsp3) is 0.406. The first-order valence-electron chi connectivity index (χ1n) is 14.2. The van der Waals surface area contributed by atoms with Gasteiger partial charge in [0.25, 0.3) is 0 Å². The van der Waals surface area contributed by atoms with Gasteiger partial charge in [0, 0.05) is 30.1 Å². The molecule has 0 unspecified atom stereocenters. The van der Waals surface area contributed by atoms with Crippen molar-refractivity contribution in [3.63, 3.8) is 0 Å². The van der Waals surface area contributed by atoms with E-state index in [4.69, 9.17) is 14.6 Å². The molecule has 0 radical (unpaired) electrons. The molecule has 2 amide bonds. The molecule has 4 rings (SSSR count). The number of esters is 1. The van der Waals surface area contributed by atoms with Crippen LogP contribution in [-0.4, -0.2) is 66.9 Å². The first-order valence-corrected chi connectivity index (χ1v) is 14.2. The molecule has 2 heterocycles. The van der Waals surface area contributed by atoms with Gasteiger partial charge in [-0.15, -0.1) is 0 Å². The summed E-state index contributed by atoms with van der Waals surface area (Å²) in [5.74, 6) is -1.75. The van der Waals surface area contributed by atoms with Gasteiger partial charge in [-0.3, -0.25) is 14.4 Å². The van der Waals surface area contributed by atoms with Crippen molar-refractivity contribution >= 4 is 28.7 Å². The van der Waals surface area contributed by atoms with Gasteiger partial charge in [0.1, 0.15) is 6.61 Å². The zero-order valence-corrected chi connectivity index (χ0v) is 23.2. The number of ether oxygens (including phenoxy) is 2. The number of carbonyl (C=O) groups is 3. The van der Waals surface area contributed by atoms with Crippen LogP contribution in [0.1, 0.15) is 30.4 Å². The average Bonchev–Trinajstić information content (AvgIpc) is 3.39. The highest BCUT2D eigenvalue weighted by atomic mass is 16.5. The fourth-order valence-electron chi connectivity index (χ4n) is 5.03. The van der Waals surface area contributed by atoms with E-state index in [-0.39, 0.29) is 56.5 Å². The van der Waals surface area contributed by atoms with E-state index in [0.717, 1.165) is 22.0 Å². The van der Waals surface area contributed by atoms with Crippen molar-refractivity contribution in [3.8, 4) is 0 Å². The van der Waals surface area contributed by atoms with E-state index in [1.54, 1.807) is 0 Å². The standard InChI is InChI=1S/C32H39N3O6/c36-15-17-40-16-14-33-30(37)20-24-10-4-5-11-25(18-23-8-2-1-3-9-23)32(39)41-22-27(35-31(24)38)19-26-21-34-29-13-7-6-12-28(26)29/h1-9,12-13,21,24-25,27,34,36H,10-11,14-20,22H2,(H,33,37)(H,35,38)/t24-,25-,27+/m1/s1. The number of aliphatic hydroxyl groups excluding tert-OH is 1. The summed E-state index contributed by atoms with van der Waals surface area (Å²) >= 11 is 0. The average molecular weight is 562 g/mol. The lowest BCUT2D eigenvalue weighted by atomic mass is 9.94. The van der Waals surface area contributed by atoms with Gasteiger partial charge in [0.05, 0.1) is 37.7 Å². The Kier molecular flexibility index (Phi) is 11.5. The molecule has 1 aromatic heterocycles. The van der Waals surface area contributed by atoms with E-state index in [0.29, 0.717) is 32.2 Å². The number of cyclic esters (lactones) is 1. The molecule has 0 fully saturated rings. The van der Waals surface area contributed by atoms with Crippen LogP contribution in [0.5, 0.6) is 0 Å². The van der Waals surface area contributed by atoms with Crippen LogP contribution in [-0.2, 0) is 36.7 Å². The van der Waals surface area contributed by atoms with Crippen molar-refractivity contribution < 1.29 is 29.0 Å². The molecule has 0 spiro atoms. The molecule has 0 saturated carbocycles.